The van der Waals surface area contributed by atoms with Crippen molar-refractivity contribution >= 4 is 11.9 Å². The lowest BCUT2D eigenvalue weighted by molar-refractivity contribution is -0.194. The van der Waals surface area contributed by atoms with Crippen LogP contribution in [0, 0.1) is 5.41 Å². The first-order valence-corrected chi connectivity index (χ1v) is 7.84. The van der Waals surface area contributed by atoms with Crippen LogP contribution in [0.25, 0.3) is 0 Å². The van der Waals surface area contributed by atoms with E-state index in [4.69, 9.17) is 9.47 Å². The number of likely N-dealkylation sites (tertiary alicyclic amines) is 1. The number of rotatable bonds is 3. The van der Waals surface area contributed by atoms with Crippen molar-refractivity contribution in [1.82, 2.24) is 4.90 Å². The monoisotopic (exact) mass is 297 g/mol. The molecule has 0 aromatic rings. The fourth-order valence-corrected chi connectivity index (χ4v) is 3.85. The van der Waals surface area contributed by atoms with Gasteiger partial charge in [-0.25, -0.2) is 0 Å². The third-order valence-corrected chi connectivity index (χ3v) is 5.09. The largest absolute Gasteiger partial charge is 0.481 e. The molecule has 0 atom stereocenters. The zero-order valence-electron chi connectivity index (χ0n) is 12.3. The molecule has 2 saturated heterocycles. The average molecular weight is 297 g/mol. The SMILES string of the molecule is O=C(CC1(C(=O)O)CCCC1)N1CCCC2(C1)OCCO2. The Morgan fingerprint density at radius 2 is 1.71 bits per heavy atom. The van der Waals surface area contributed by atoms with Gasteiger partial charge < -0.3 is 19.5 Å². The first kappa shape index (κ1) is 14.8. The van der Waals surface area contributed by atoms with Crippen molar-refractivity contribution in [3.8, 4) is 0 Å². The third kappa shape index (κ3) is 2.79. The number of piperidine rings is 1. The van der Waals surface area contributed by atoms with Crippen molar-refractivity contribution in [2.45, 2.75) is 50.7 Å². The van der Waals surface area contributed by atoms with Crippen LogP contribution in [-0.2, 0) is 19.1 Å². The normalized spacial score (nSPS) is 27.1. The van der Waals surface area contributed by atoms with Gasteiger partial charge in [-0.2, -0.15) is 0 Å². The van der Waals surface area contributed by atoms with Gasteiger partial charge in [-0.15, -0.1) is 0 Å². The Kier molecular flexibility index (Phi) is 3.92. The van der Waals surface area contributed by atoms with Crippen LogP contribution < -0.4 is 0 Å². The summed E-state index contributed by atoms with van der Waals surface area (Å²) in [5.41, 5.74) is -0.848. The van der Waals surface area contributed by atoms with Gasteiger partial charge in [0.05, 0.1) is 25.2 Å². The minimum absolute atomic E-state index is 0.0718. The first-order chi connectivity index (χ1) is 10.1. The van der Waals surface area contributed by atoms with E-state index >= 15 is 0 Å². The quantitative estimate of drug-likeness (QED) is 0.852. The summed E-state index contributed by atoms with van der Waals surface area (Å²) in [4.78, 5) is 25.9. The van der Waals surface area contributed by atoms with E-state index in [2.05, 4.69) is 0 Å². The Morgan fingerprint density at radius 3 is 2.33 bits per heavy atom. The summed E-state index contributed by atoms with van der Waals surface area (Å²) in [5.74, 6) is -1.54. The number of ether oxygens (including phenoxy) is 2. The molecular weight excluding hydrogens is 274 g/mol. The Morgan fingerprint density at radius 1 is 1.05 bits per heavy atom. The number of carboxylic acids is 1. The highest BCUT2D eigenvalue weighted by Crippen LogP contribution is 2.42. The Labute approximate surface area is 124 Å². The van der Waals surface area contributed by atoms with E-state index < -0.39 is 17.2 Å². The van der Waals surface area contributed by atoms with Gasteiger partial charge in [-0.05, 0) is 19.3 Å². The number of carbonyl (C=O) groups is 2. The van der Waals surface area contributed by atoms with Crippen LogP contribution in [-0.4, -0.2) is 54.0 Å². The van der Waals surface area contributed by atoms with Gasteiger partial charge in [-0.1, -0.05) is 12.8 Å². The van der Waals surface area contributed by atoms with Gasteiger partial charge in [-0.3, -0.25) is 9.59 Å². The van der Waals surface area contributed by atoms with Crippen LogP contribution >= 0.6 is 0 Å². The van der Waals surface area contributed by atoms with Gasteiger partial charge >= 0.3 is 5.97 Å². The van der Waals surface area contributed by atoms with Crippen molar-refractivity contribution in [3.05, 3.63) is 0 Å². The summed E-state index contributed by atoms with van der Waals surface area (Å²) in [7, 11) is 0. The standard InChI is InChI=1S/C15H23NO5/c17-12(10-14(13(18)19)4-1-2-5-14)16-7-3-6-15(11-16)20-8-9-21-15/h1-11H2,(H,18,19). The number of hydrogen-bond donors (Lipinski definition) is 1. The predicted octanol–water partition coefficient (Wildman–Crippen LogP) is 1.39. The molecular formula is C15H23NO5. The molecule has 6 heteroatoms. The molecule has 3 aliphatic rings. The smallest absolute Gasteiger partial charge is 0.310 e. The van der Waals surface area contributed by atoms with Crippen LogP contribution in [0.5, 0.6) is 0 Å². The lowest BCUT2D eigenvalue weighted by atomic mass is 9.82. The van der Waals surface area contributed by atoms with E-state index in [-0.39, 0.29) is 12.3 Å². The maximum Gasteiger partial charge on any atom is 0.310 e. The molecule has 0 radical (unpaired) electrons. The molecule has 0 aromatic heterocycles. The Bertz CT molecular complexity index is 424. The lowest BCUT2D eigenvalue weighted by Crippen LogP contribution is -2.52. The average Bonchev–Trinajstić information content (AvgIpc) is 3.10. The zero-order valence-corrected chi connectivity index (χ0v) is 12.3. The third-order valence-electron chi connectivity index (χ3n) is 5.09. The molecule has 0 aromatic carbocycles. The predicted molar refractivity (Wildman–Crippen MR) is 73.6 cm³/mol. The second kappa shape index (κ2) is 5.57. The van der Waals surface area contributed by atoms with E-state index in [9.17, 15) is 14.7 Å². The summed E-state index contributed by atoms with van der Waals surface area (Å²) in [6.45, 7) is 2.24. The molecule has 6 nitrogen and oxygen atoms in total. The van der Waals surface area contributed by atoms with Gasteiger partial charge in [0, 0.05) is 19.4 Å². The number of aliphatic carboxylic acids is 1. The molecule has 0 unspecified atom stereocenters. The summed E-state index contributed by atoms with van der Waals surface area (Å²) >= 11 is 0. The van der Waals surface area contributed by atoms with Gasteiger partial charge in [0.2, 0.25) is 5.91 Å². The van der Waals surface area contributed by atoms with Crippen molar-refractivity contribution in [2.75, 3.05) is 26.3 Å². The Hall–Kier alpha value is -1.14. The van der Waals surface area contributed by atoms with E-state index in [1.54, 1.807) is 4.90 Å². The summed E-state index contributed by atoms with van der Waals surface area (Å²) in [6.07, 6.45) is 4.77. The fourth-order valence-electron chi connectivity index (χ4n) is 3.85. The second-order valence-corrected chi connectivity index (χ2v) is 6.50. The highest BCUT2D eigenvalue weighted by molar-refractivity contribution is 5.85. The van der Waals surface area contributed by atoms with Crippen LogP contribution in [0.4, 0.5) is 0 Å². The van der Waals surface area contributed by atoms with Gasteiger partial charge in [0.25, 0.3) is 0 Å². The van der Waals surface area contributed by atoms with Crippen molar-refractivity contribution in [1.29, 1.82) is 0 Å². The van der Waals surface area contributed by atoms with E-state index in [1.807, 2.05) is 0 Å². The van der Waals surface area contributed by atoms with Crippen molar-refractivity contribution in [3.63, 3.8) is 0 Å². The molecule has 1 N–H and O–H groups in total. The number of hydrogen-bond acceptors (Lipinski definition) is 4. The second-order valence-electron chi connectivity index (χ2n) is 6.50. The summed E-state index contributed by atoms with van der Waals surface area (Å²) < 4.78 is 11.3. The summed E-state index contributed by atoms with van der Waals surface area (Å²) in [5, 5.41) is 9.50. The van der Waals surface area contributed by atoms with Crippen LogP contribution in [0.15, 0.2) is 0 Å². The van der Waals surface area contributed by atoms with Gasteiger partial charge in [0.15, 0.2) is 5.79 Å². The highest BCUT2D eigenvalue weighted by atomic mass is 16.7. The molecule has 118 valence electrons. The van der Waals surface area contributed by atoms with Crippen molar-refractivity contribution in [2.24, 2.45) is 5.41 Å². The minimum atomic E-state index is -0.848. The van der Waals surface area contributed by atoms with Gasteiger partial charge in [0.1, 0.15) is 0 Å². The Balaban J connectivity index is 1.66. The lowest BCUT2D eigenvalue weighted by Gasteiger charge is -2.39. The maximum atomic E-state index is 12.6. The molecule has 21 heavy (non-hydrogen) atoms. The number of nitrogens with zero attached hydrogens (tertiary/aromatic N) is 1. The molecule has 1 saturated carbocycles. The van der Waals surface area contributed by atoms with E-state index in [1.165, 1.54) is 0 Å². The topological polar surface area (TPSA) is 76.1 Å². The minimum Gasteiger partial charge on any atom is -0.481 e. The molecule has 3 rings (SSSR count). The maximum absolute atomic E-state index is 12.6. The van der Waals surface area contributed by atoms with Crippen LogP contribution in [0.1, 0.15) is 44.9 Å². The summed E-state index contributed by atoms with van der Waals surface area (Å²) in [6, 6.07) is 0. The highest BCUT2D eigenvalue weighted by Gasteiger charge is 2.46. The van der Waals surface area contributed by atoms with Crippen molar-refractivity contribution < 1.29 is 24.2 Å². The zero-order chi connectivity index (χ0) is 14.9. The molecule has 3 fully saturated rings. The van der Waals surface area contributed by atoms with E-state index in [0.29, 0.717) is 39.1 Å². The molecule has 2 heterocycles. The van der Waals surface area contributed by atoms with Crippen LogP contribution in [0.3, 0.4) is 0 Å². The molecule has 1 aliphatic carbocycles. The molecule has 0 bridgehead atoms. The van der Waals surface area contributed by atoms with Crippen LogP contribution in [0.2, 0.25) is 0 Å². The van der Waals surface area contributed by atoms with E-state index in [0.717, 1.165) is 25.7 Å². The molecule has 1 amide bonds. The number of carboxylic acid groups (broad SMARTS) is 1. The fraction of sp³-hybridized carbons (Fsp3) is 0.867. The first-order valence-electron chi connectivity index (χ1n) is 7.84. The molecule has 2 aliphatic heterocycles. The number of carbonyl (C=O) groups excluding carboxylic acids is 1. The molecule has 1 spiro atoms. The number of amides is 1.